The Labute approximate surface area is 182 Å². The van der Waals surface area contributed by atoms with Crippen LogP contribution < -0.4 is 10.5 Å². The summed E-state index contributed by atoms with van der Waals surface area (Å²) in [6.45, 7) is 5.65. The SMILES string of the molecule is COc1ccc(-n2c(C)cc(/C=C(/C#N)C(=O)N3CCCN(C(N)=O)CC3)c2C)cc1. The monoisotopic (exact) mass is 421 g/mol. The molecule has 1 saturated heterocycles. The van der Waals surface area contributed by atoms with Crippen LogP contribution in [0, 0.1) is 25.2 Å². The summed E-state index contributed by atoms with van der Waals surface area (Å²) in [7, 11) is 1.63. The number of urea groups is 1. The second kappa shape index (κ2) is 9.39. The molecule has 0 atom stereocenters. The molecule has 8 heteroatoms. The van der Waals surface area contributed by atoms with Crippen LogP contribution >= 0.6 is 0 Å². The Morgan fingerprint density at radius 1 is 1.10 bits per heavy atom. The van der Waals surface area contributed by atoms with Gasteiger partial charge in [-0.25, -0.2) is 4.79 Å². The van der Waals surface area contributed by atoms with Gasteiger partial charge in [0.1, 0.15) is 17.4 Å². The number of amides is 3. The predicted octanol–water partition coefficient (Wildman–Crippen LogP) is 2.62. The molecule has 2 heterocycles. The second-order valence-corrected chi connectivity index (χ2v) is 7.50. The quantitative estimate of drug-likeness (QED) is 0.605. The number of carbonyl (C=O) groups is 2. The highest BCUT2D eigenvalue weighted by atomic mass is 16.5. The van der Waals surface area contributed by atoms with Gasteiger partial charge in [0.2, 0.25) is 0 Å². The van der Waals surface area contributed by atoms with Crippen LogP contribution in [-0.2, 0) is 4.79 Å². The van der Waals surface area contributed by atoms with Crippen molar-refractivity contribution in [2.75, 3.05) is 33.3 Å². The maximum atomic E-state index is 13.0. The summed E-state index contributed by atoms with van der Waals surface area (Å²) in [6, 6.07) is 11.2. The molecule has 2 N–H and O–H groups in total. The molecule has 0 bridgehead atoms. The van der Waals surface area contributed by atoms with E-state index < -0.39 is 6.03 Å². The predicted molar refractivity (Wildman–Crippen MR) is 118 cm³/mol. The molecule has 1 aromatic heterocycles. The van der Waals surface area contributed by atoms with Crippen LogP contribution in [0.15, 0.2) is 35.9 Å². The normalized spacial score (nSPS) is 14.7. The van der Waals surface area contributed by atoms with Crippen molar-refractivity contribution in [1.29, 1.82) is 5.26 Å². The van der Waals surface area contributed by atoms with E-state index in [9.17, 15) is 14.9 Å². The van der Waals surface area contributed by atoms with Crippen LogP contribution in [0.3, 0.4) is 0 Å². The molecule has 0 saturated carbocycles. The van der Waals surface area contributed by atoms with Crippen molar-refractivity contribution in [2.24, 2.45) is 5.73 Å². The van der Waals surface area contributed by atoms with Gasteiger partial charge in [0.25, 0.3) is 5.91 Å². The van der Waals surface area contributed by atoms with Gasteiger partial charge in [-0.15, -0.1) is 0 Å². The molecule has 8 nitrogen and oxygen atoms in total. The average molecular weight is 422 g/mol. The number of rotatable bonds is 4. The molecular weight excluding hydrogens is 394 g/mol. The highest BCUT2D eigenvalue weighted by molar-refractivity contribution is 6.02. The molecule has 3 rings (SSSR count). The number of ether oxygens (including phenoxy) is 1. The van der Waals surface area contributed by atoms with E-state index in [0.29, 0.717) is 32.6 Å². The number of nitrogens with zero attached hydrogens (tertiary/aromatic N) is 4. The lowest BCUT2D eigenvalue weighted by atomic mass is 10.1. The van der Waals surface area contributed by atoms with Gasteiger partial charge in [-0.3, -0.25) is 4.79 Å². The molecule has 0 radical (unpaired) electrons. The number of aryl methyl sites for hydroxylation is 1. The first-order valence-electron chi connectivity index (χ1n) is 10.1. The number of hydrogen-bond donors (Lipinski definition) is 1. The third-order valence-electron chi connectivity index (χ3n) is 5.55. The Morgan fingerprint density at radius 2 is 1.74 bits per heavy atom. The van der Waals surface area contributed by atoms with Crippen LogP contribution in [-0.4, -0.2) is 59.6 Å². The van der Waals surface area contributed by atoms with Gasteiger partial charge in [0, 0.05) is 43.3 Å². The van der Waals surface area contributed by atoms with Gasteiger partial charge in [-0.1, -0.05) is 0 Å². The molecule has 1 aliphatic heterocycles. The molecule has 3 amide bonds. The first-order chi connectivity index (χ1) is 14.8. The van der Waals surface area contributed by atoms with E-state index in [-0.39, 0.29) is 11.5 Å². The number of nitrogens with two attached hydrogens (primary N) is 1. The molecular formula is C23H27N5O3. The molecule has 0 unspecified atom stereocenters. The minimum absolute atomic E-state index is 0.0718. The van der Waals surface area contributed by atoms with Crippen LogP contribution in [0.25, 0.3) is 11.8 Å². The van der Waals surface area contributed by atoms with Crippen molar-refractivity contribution in [3.63, 3.8) is 0 Å². The first-order valence-corrected chi connectivity index (χ1v) is 10.1. The lowest BCUT2D eigenvalue weighted by Gasteiger charge is -2.20. The Bertz CT molecular complexity index is 1050. The fraction of sp³-hybridized carbons (Fsp3) is 0.348. The molecule has 31 heavy (non-hydrogen) atoms. The van der Waals surface area contributed by atoms with Crippen molar-refractivity contribution >= 4 is 18.0 Å². The minimum atomic E-state index is -0.490. The lowest BCUT2D eigenvalue weighted by Crippen LogP contribution is -2.40. The number of methoxy groups -OCH3 is 1. The van der Waals surface area contributed by atoms with Gasteiger partial charge in [0.15, 0.2) is 0 Å². The maximum Gasteiger partial charge on any atom is 0.314 e. The Balaban J connectivity index is 1.86. The minimum Gasteiger partial charge on any atom is -0.497 e. The first kappa shape index (κ1) is 22.0. The average Bonchev–Trinajstić information content (AvgIpc) is 2.93. The number of primary amides is 1. The van der Waals surface area contributed by atoms with Gasteiger partial charge in [-0.2, -0.15) is 5.26 Å². The van der Waals surface area contributed by atoms with Crippen LogP contribution in [0.1, 0.15) is 23.4 Å². The molecule has 2 aromatic rings. The third-order valence-corrected chi connectivity index (χ3v) is 5.55. The summed E-state index contributed by atoms with van der Waals surface area (Å²) in [4.78, 5) is 27.5. The smallest absolute Gasteiger partial charge is 0.314 e. The Morgan fingerprint density at radius 3 is 2.35 bits per heavy atom. The Kier molecular flexibility index (Phi) is 6.65. The maximum absolute atomic E-state index is 13.0. The van der Waals surface area contributed by atoms with E-state index in [1.165, 1.54) is 4.90 Å². The number of benzene rings is 1. The number of nitriles is 1. The van der Waals surface area contributed by atoms with Gasteiger partial charge < -0.3 is 24.8 Å². The fourth-order valence-corrected chi connectivity index (χ4v) is 3.87. The standard InChI is InChI=1S/C23H27N5O3/c1-16-13-18(17(2)28(16)20-5-7-21(31-3)8-6-20)14-19(15-24)22(29)26-9-4-10-27(12-11-26)23(25)30/h5-8,13-14H,4,9-12H2,1-3H3,(H2,25,30)/b19-14-. The Hall–Kier alpha value is -3.73. The van der Waals surface area contributed by atoms with E-state index >= 15 is 0 Å². The fourth-order valence-electron chi connectivity index (χ4n) is 3.87. The van der Waals surface area contributed by atoms with Gasteiger partial charge >= 0.3 is 6.03 Å². The summed E-state index contributed by atoms with van der Waals surface area (Å²) in [5.41, 5.74) is 9.13. The van der Waals surface area contributed by atoms with Crippen molar-refractivity contribution < 1.29 is 14.3 Å². The van der Waals surface area contributed by atoms with Crippen LogP contribution in [0.5, 0.6) is 5.75 Å². The number of hydrogen-bond acceptors (Lipinski definition) is 4. The third kappa shape index (κ3) is 4.72. The topological polar surface area (TPSA) is 105 Å². The molecule has 0 spiro atoms. The summed E-state index contributed by atoms with van der Waals surface area (Å²) in [6.07, 6.45) is 2.26. The molecule has 0 aliphatic carbocycles. The van der Waals surface area contributed by atoms with E-state index in [1.807, 2.05) is 44.2 Å². The zero-order valence-electron chi connectivity index (χ0n) is 18.1. The lowest BCUT2D eigenvalue weighted by molar-refractivity contribution is -0.126. The van der Waals surface area contributed by atoms with Crippen molar-refractivity contribution in [3.05, 3.63) is 52.9 Å². The zero-order chi connectivity index (χ0) is 22.5. The van der Waals surface area contributed by atoms with Crippen molar-refractivity contribution in [2.45, 2.75) is 20.3 Å². The summed E-state index contributed by atoms with van der Waals surface area (Å²) >= 11 is 0. The van der Waals surface area contributed by atoms with Gasteiger partial charge in [-0.05, 0) is 62.2 Å². The molecule has 1 aromatic carbocycles. The van der Waals surface area contributed by atoms with Crippen LogP contribution in [0.2, 0.25) is 0 Å². The summed E-state index contributed by atoms with van der Waals surface area (Å²) in [5, 5.41) is 9.67. The van der Waals surface area contributed by atoms with E-state index in [2.05, 4.69) is 10.6 Å². The highest BCUT2D eigenvalue weighted by Gasteiger charge is 2.23. The van der Waals surface area contributed by atoms with Crippen molar-refractivity contribution in [1.82, 2.24) is 14.4 Å². The van der Waals surface area contributed by atoms with E-state index in [1.54, 1.807) is 18.1 Å². The second-order valence-electron chi connectivity index (χ2n) is 7.50. The summed E-state index contributed by atoms with van der Waals surface area (Å²) < 4.78 is 7.30. The van der Waals surface area contributed by atoms with Crippen LogP contribution in [0.4, 0.5) is 4.79 Å². The van der Waals surface area contributed by atoms with E-state index in [0.717, 1.165) is 28.4 Å². The number of carbonyl (C=O) groups excluding carboxylic acids is 2. The van der Waals surface area contributed by atoms with Crippen molar-refractivity contribution in [3.8, 4) is 17.5 Å². The molecule has 162 valence electrons. The molecule has 1 fully saturated rings. The largest absolute Gasteiger partial charge is 0.497 e. The summed E-state index contributed by atoms with van der Waals surface area (Å²) in [5.74, 6) is 0.444. The number of aromatic nitrogens is 1. The van der Waals surface area contributed by atoms with Gasteiger partial charge in [0.05, 0.1) is 7.11 Å². The highest BCUT2D eigenvalue weighted by Crippen LogP contribution is 2.24. The molecule has 1 aliphatic rings. The van der Waals surface area contributed by atoms with E-state index in [4.69, 9.17) is 10.5 Å². The zero-order valence-corrected chi connectivity index (χ0v) is 18.1.